The van der Waals surface area contributed by atoms with E-state index in [4.69, 9.17) is 9.47 Å². The summed E-state index contributed by atoms with van der Waals surface area (Å²) < 4.78 is 39.3. The van der Waals surface area contributed by atoms with Crippen LogP contribution in [-0.4, -0.2) is 58.5 Å². The van der Waals surface area contributed by atoms with Gasteiger partial charge < -0.3 is 19.7 Å². The van der Waals surface area contributed by atoms with Gasteiger partial charge in [-0.15, -0.1) is 0 Å². The monoisotopic (exact) mass is 567 g/mol. The first-order valence-electron chi connectivity index (χ1n) is 13.2. The van der Waals surface area contributed by atoms with Crippen LogP contribution in [0.15, 0.2) is 83.8 Å². The molecule has 3 rings (SSSR count). The van der Waals surface area contributed by atoms with Crippen molar-refractivity contribution in [2.75, 3.05) is 31.6 Å². The van der Waals surface area contributed by atoms with Gasteiger partial charge in [0.25, 0.3) is 10.0 Å². The van der Waals surface area contributed by atoms with Gasteiger partial charge >= 0.3 is 0 Å². The molecule has 1 N–H and O–H groups in total. The predicted molar refractivity (Wildman–Crippen MR) is 155 cm³/mol. The number of amides is 2. The number of hydrogen-bond donors (Lipinski definition) is 1. The van der Waals surface area contributed by atoms with Gasteiger partial charge in [0.2, 0.25) is 11.8 Å². The Labute approximate surface area is 236 Å². The van der Waals surface area contributed by atoms with E-state index < -0.39 is 28.5 Å². The highest BCUT2D eigenvalue weighted by Crippen LogP contribution is 2.27. The highest BCUT2D eigenvalue weighted by atomic mass is 32.2. The number of nitrogens with one attached hydrogen (secondary N) is 1. The molecular formula is C30H37N3O6S. The second-order valence-corrected chi connectivity index (χ2v) is 11.0. The SMILES string of the molecule is CCCNC(=O)C(CC)N(Cc1cccc(OC)c1)C(=O)CN(c1ccc(OC)cc1)S(=O)(=O)c1ccccc1. The molecule has 0 spiro atoms. The lowest BCUT2D eigenvalue weighted by Crippen LogP contribution is -2.52. The topological polar surface area (TPSA) is 105 Å². The molecule has 0 fully saturated rings. The fraction of sp³-hybridized carbons (Fsp3) is 0.333. The molecule has 0 bridgehead atoms. The van der Waals surface area contributed by atoms with Crippen LogP contribution in [0.25, 0.3) is 0 Å². The van der Waals surface area contributed by atoms with Crippen LogP contribution in [0.3, 0.4) is 0 Å². The number of sulfonamides is 1. The molecule has 0 aliphatic rings. The molecule has 9 nitrogen and oxygen atoms in total. The molecule has 214 valence electrons. The number of carbonyl (C=O) groups excluding carboxylic acids is 2. The van der Waals surface area contributed by atoms with Crippen molar-refractivity contribution in [3.8, 4) is 11.5 Å². The normalized spacial score (nSPS) is 11.8. The molecule has 0 saturated carbocycles. The summed E-state index contributed by atoms with van der Waals surface area (Å²) in [6.07, 6.45) is 1.09. The largest absolute Gasteiger partial charge is 0.497 e. The van der Waals surface area contributed by atoms with Crippen LogP contribution >= 0.6 is 0 Å². The van der Waals surface area contributed by atoms with Crippen molar-refractivity contribution < 1.29 is 27.5 Å². The highest BCUT2D eigenvalue weighted by molar-refractivity contribution is 7.92. The number of anilines is 1. The quantitative estimate of drug-likeness (QED) is 0.313. The molecule has 2 amide bonds. The van der Waals surface area contributed by atoms with Crippen LogP contribution in [0.4, 0.5) is 5.69 Å². The molecule has 1 unspecified atom stereocenters. The Morgan fingerprint density at radius 2 is 1.55 bits per heavy atom. The molecule has 0 saturated heterocycles. The lowest BCUT2D eigenvalue weighted by atomic mass is 10.1. The second kappa shape index (κ2) is 14.4. The molecule has 1 atom stereocenters. The minimum Gasteiger partial charge on any atom is -0.497 e. The summed E-state index contributed by atoms with van der Waals surface area (Å²) in [5.74, 6) is 0.351. The fourth-order valence-corrected chi connectivity index (χ4v) is 5.69. The van der Waals surface area contributed by atoms with Crippen molar-refractivity contribution in [1.29, 1.82) is 0 Å². The molecule has 10 heteroatoms. The summed E-state index contributed by atoms with van der Waals surface area (Å²) in [6.45, 7) is 3.82. The Morgan fingerprint density at radius 1 is 0.875 bits per heavy atom. The van der Waals surface area contributed by atoms with Gasteiger partial charge in [0, 0.05) is 13.1 Å². The Kier molecular flexibility index (Phi) is 11.0. The van der Waals surface area contributed by atoms with E-state index in [1.807, 2.05) is 19.9 Å². The average Bonchev–Trinajstić information content (AvgIpc) is 2.99. The van der Waals surface area contributed by atoms with Gasteiger partial charge in [0.15, 0.2) is 0 Å². The third kappa shape index (κ3) is 7.53. The van der Waals surface area contributed by atoms with Crippen molar-refractivity contribution in [3.05, 3.63) is 84.4 Å². The number of benzene rings is 3. The van der Waals surface area contributed by atoms with E-state index in [1.165, 1.54) is 24.1 Å². The minimum atomic E-state index is -4.13. The van der Waals surface area contributed by atoms with Crippen LogP contribution in [-0.2, 0) is 26.2 Å². The number of ether oxygens (including phenoxy) is 2. The van der Waals surface area contributed by atoms with Gasteiger partial charge in [-0.05, 0) is 66.9 Å². The maximum Gasteiger partial charge on any atom is 0.264 e. The highest BCUT2D eigenvalue weighted by Gasteiger charge is 2.33. The Balaban J connectivity index is 2.05. The Hall–Kier alpha value is -4.05. The third-order valence-corrected chi connectivity index (χ3v) is 8.18. The van der Waals surface area contributed by atoms with E-state index in [0.29, 0.717) is 30.2 Å². The molecule has 0 aromatic heterocycles. The van der Waals surface area contributed by atoms with E-state index in [0.717, 1.165) is 16.3 Å². The number of methoxy groups -OCH3 is 2. The lowest BCUT2D eigenvalue weighted by Gasteiger charge is -2.33. The van der Waals surface area contributed by atoms with Crippen molar-refractivity contribution in [3.63, 3.8) is 0 Å². The first-order valence-corrected chi connectivity index (χ1v) is 14.6. The summed E-state index contributed by atoms with van der Waals surface area (Å²) >= 11 is 0. The first kappa shape index (κ1) is 30.5. The van der Waals surface area contributed by atoms with Gasteiger partial charge in [-0.25, -0.2) is 8.42 Å². The van der Waals surface area contributed by atoms with E-state index >= 15 is 0 Å². The average molecular weight is 568 g/mol. The second-order valence-electron chi connectivity index (χ2n) is 9.11. The van der Waals surface area contributed by atoms with Gasteiger partial charge in [0.05, 0.1) is 24.8 Å². The van der Waals surface area contributed by atoms with Crippen LogP contribution < -0.4 is 19.1 Å². The lowest BCUT2D eigenvalue weighted by molar-refractivity contribution is -0.140. The zero-order chi connectivity index (χ0) is 29.1. The van der Waals surface area contributed by atoms with E-state index in [2.05, 4.69) is 5.32 Å². The molecular weight excluding hydrogens is 530 g/mol. The Morgan fingerprint density at radius 3 is 2.15 bits per heavy atom. The first-order chi connectivity index (χ1) is 19.2. The number of nitrogens with zero attached hydrogens (tertiary/aromatic N) is 2. The van der Waals surface area contributed by atoms with Gasteiger partial charge in [0.1, 0.15) is 24.1 Å². The molecule has 0 heterocycles. The summed E-state index contributed by atoms with van der Waals surface area (Å²) in [4.78, 5) is 28.7. The summed E-state index contributed by atoms with van der Waals surface area (Å²) in [7, 11) is -1.06. The number of hydrogen-bond acceptors (Lipinski definition) is 6. The molecule has 40 heavy (non-hydrogen) atoms. The molecule has 0 radical (unpaired) electrons. The predicted octanol–water partition coefficient (Wildman–Crippen LogP) is 4.23. The minimum absolute atomic E-state index is 0.0469. The summed E-state index contributed by atoms with van der Waals surface area (Å²) in [5.41, 5.74) is 1.04. The van der Waals surface area contributed by atoms with Gasteiger partial charge in [-0.1, -0.05) is 44.2 Å². The van der Waals surface area contributed by atoms with Crippen LogP contribution in [0, 0.1) is 0 Å². The molecule has 3 aromatic carbocycles. The van der Waals surface area contributed by atoms with E-state index in [-0.39, 0.29) is 17.3 Å². The molecule has 3 aromatic rings. The van der Waals surface area contributed by atoms with Crippen LogP contribution in [0.1, 0.15) is 32.3 Å². The summed E-state index contributed by atoms with van der Waals surface area (Å²) in [5, 5.41) is 2.88. The zero-order valence-electron chi connectivity index (χ0n) is 23.4. The number of carbonyl (C=O) groups is 2. The molecule has 0 aliphatic heterocycles. The smallest absolute Gasteiger partial charge is 0.264 e. The van der Waals surface area contributed by atoms with Crippen LogP contribution in [0.5, 0.6) is 11.5 Å². The maximum atomic E-state index is 14.0. The van der Waals surface area contributed by atoms with Gasteiger partial charge in [-0.2, -0.15) is 0 Å². The van der Waals surface area contributed by atoms with E-state index in [9.17, 15) is 18.0 Å². The van der Waals surface area contributed by atoms with Crippen molar-refractivity contribution in [2.24, 2.45) is 0 Å². The van der Waals surface area contributed by atoms with Gasteiger partial charge in [-0.3, -0.25) is 13.9 Å². The van der Waals surface area contributed by atoms with Crippen molar-refractivity contribution in [1.82, 2.24) is 10.2 Å². The maximum absolute atomic E-state index is 14.0. The Bertz CT molecular complexity index is 1360. The van der Waals surface area contributed by atoms with Crippen molar-refractivity contribution in [2.45, 2.75) is 44.2 Å². The van der Waals surface area contributed by atoms with E-state index in [1.54, 1.807) is 67.8 Å². The molecule has 0 aliphatic carbocycles. The number of rotatable bonds is 14. The third-order valence-electron chi connectivity index (χ3n) is 6.39. The summed E-state index contributed by atoms with van der Waals surface area (Å²) in [6, 6.07) is 20.8. The fourth-order valence-electron chi connectivity index (χ4n) is 4.25. The van der Waals surface area contributed by atoms with Crippen molar-refractivity contribution >= 4 is 27.5 Å². The standard InChI is InChI=1S/C30H37N3O6S/c1-5-19-31-30(35)28(6-2)32(21-23-11-10-12-26(20-23)39-4)29(34)22-33(24-15-17-25(38-3)18-16-24)40(36,37)27-13-8-7-9-14-27/h7-18,20,28H,5-6,19,21-22H2,1-4H3,(H,31,35). The zero-order valence-corrected chi connectivity index (χ0v) is 24.2. The van der Waals surface area contributed by atoms with Crippen LogP contribution in [0.2, 0.25) is 0 Å².